The Hall–Kier alpha value is -1.96. The molecule has 0 aliphatic heterocycles. The van der Waals surface area contributed by atoms with Crippen LogP contribution in [-0.2, 0) is 6.42 Å². The van der Waals surface area contributed by atoms with Crippen LogP contribution in [0.25, 0.3) is 12.2 Å². The predicted octanol–water partition coefficient (Wildman–Crippen LogP) is 3.01. The molecule has 2 N–H and O–H groups in total. The highest BCUT2D eigenvalue weighted by Crippen LogP contribution is 2.42. The van der Waals surface area contributed by atoms with E-state index in [0.717, 1.165) is 12.8 Å². The first kappa shape index (κ1) is 10.0. The summed E-state index contributed by atoms with van der Waals surface area (Å²) in [6, 6.07) is 0. The van der Waals surface area contributed by atoms with Crippen molar-refractivity contribution < 1.29 is 0 Å². The first-order chi connectivity index (χ1) is 8.86. The van der Waals surface area contributed by atoms with Gasteiger partial charge in [0, 0.05) is 11.8 Å². The van der Waals surface area contributed by atoms with Crippen molar-refractivity contribution >= 4 is 12.2 Å². The first-order valence-electron chi connectivity index (χ1n) is 6.58. The van der Waals surface area contributed by atoms with Gasteiger partial charge in [-0.05, 0) is 36.1 Å². The lowest BCUT2D eigenvalue weighted by molar-refractivity contribution is 0.682. The van der Waals surface area contributed by atoms with Crippen LogP contribution in [0.15, 0.2) is 36.5 Å². The Balaban J connectivity index is 1.98. The van der Waals surface area contributed by atoms with Crippen LogP contribution in [-0.4, -0.2) is 4.68 Å². The van der Waals surface area contributed by atoms with Crippen LogP contribution in [0.4, 0.5) is 0 Å². The molecule has 1 heterocycles. The zero-order chi connectivity index (χ0) is 12.1. The molecule has 0 spiro atoms. The second-order valence-corrected chi connectivity index (χ2v) is 5.21. The molecule has 4 rings (SSSR count). The summed E-state index contributed by atoms with van der Waals surface area (Å²) in [4.78, 5) is 0. The Morgan fingerprint density at radius 1 is 1.06 bits per heavy atom. The number of aromatic nitrogens is 1. The van der Waals surface area contributed by atoms with Crippen LogP contribution in [0.3, 0.4) is 0 Å². The summed E-state index contributed by atoms with van der Waals surface area (Å²) >= 11 is 0. The normalized spacial score (nSPS) is 26.9. The van der Waals surface area contributed by atoms with Gasteiger partial charge >= 0.3 is 0 Å². The average Bonchev–Trinajstić information content (AvgIpc) is 2.73. The van der Waals surface area contributed by atoms with Gasteiger partial charge in [-0.2, -0.15) is 0 Å². The summed E-state index contributed by atoms with van der Waals surface area (Å²) in [7, 11) is 0. The summed E-state index contributed by atoms with van der Waals surface area (Å²) in [5.74, 6) is 7.21. The molecule has 0 fully saturated rings. The molecule has 3 aliphatic carbocycles. The van der Waals surface area contributed by atoms with Gasteiger partial charge < -0.3 is 5.84 Å². The van der Waals surface area contributed by atoms with Crippen LogP contribution in [0, 0.1) is 5.92 Å². The first-order valence-corrected chi connectivity index (χ1v) is 6.58. The van der Waals surface area contributed by atoms with E-state index < -0.39 is 0 Å². The van der Waals surface area contributed by atoms with Crippen molar-refractivity contribution in [2.24, 2.45) is 5.92 Å². The number of hydrogen-bond acceptors (Lipinski definition) is 1. The van der Waals surface area contributed by atoms with E-state index in [0.29, 0.717) is 11.8 Å². The highest BCUT2D eigenvalue weighted by Gasteiger charge is 2.31. The van der Waals surface area contributed by atoms with E-state index in [-0.39, 0.29) is 0 Å². The van der Waals surface area contributed by atoms with E-state index in [9.17, 15) is 0 Å². The van der Waals surface area contributed by atoms with Crippen molar-refractivity contribution in [3.63, 3.8) is 0 Å². The Morgan fingerprint density at radius 3 is 2.89 bits per heavy atom. The summed E-state index contributed by atoms with van der Waals surface area (Å²) in [6.45, 7) is 0. The van der Waals surface area contributed by atoms with Gasteiger partial charge in [-0.15, -0.1) is 0 Å². The molecule has 2 nitrogen and oxygen atoms in total. The number of nitrogens with zero attached hydrogens (tertiary/aromatic N) is 1. The minimum absolute atomic E-state index is 0.472. The van der Waals surface area contributed by atoms with Crippen molar-refractivity contribution in [1.82, 2.24) is 4.68 Å². The second kappa shape index (κ2) is 3.52. The summed E-state index contributed by atoms with van der Waals surface area (Å²) in [5.41, 5.74) is 5.28. The van der Waals surface area contributed by atoms with Gasteiger partial charge in [0.05, 0.1) is 11.4 Å². The molecule has 0 aromatic carbocycles. The Labute approximate surface area is 107 Å². The van der Waals surface area contributed by atoms with Crippen LogP contribution in [0.2, 0.25) is 0 Å². The predicted molar refractivity (Wildman–Crippen MR) is 75.5 cm³/mol. The van der Waals surface area contributed by atoms with Gasteiger partial charge in [0.15, 0.2) is 0 Å². The van der Waals surface area contributed by atoms with Crippen LogP contribution in [0.1, 0.15) is 34.9 Å². The third-order valence-corrected chi connectivity index (χ3v) is 4.25. The molecule has 18 heavy (non-hydrogen) atoms. The topological polar surface area (TPSA) is 30.9 Å². The zero-order valence-corrected chi connectivity index (χ0v) is 10.2. The van der Waals surface area contributed by atoms with Crippen molar-refractivity contribution in [2.45, 2.75) is 18.8 Å². The Morgan fingerprint density at radius 2 is 1.94 bits per heavy atom. The van der Waals surface area contributed by atoms with Crippen LogP contribution < -0.4 is 5.84 Å². The van der Waals surface area contributed by atoms with E-state index in [4.69, 9.17) is 5.84 Å². The monoisotopic (exact) mass is 236 g/mol. The molecule has 0 amide bonds. The Kier molecular flexibility index (Phi) is 1.95. The summed E-state index contributed by atoms with van der Waals surface area (Å²) < 4.78 is 1.86. The number of rotatable bonds is 0. The van der Waals surface area contributed by atoms with Crippen molar-refractivity contribution in [1.29, 1.82) is 0 Å². The number of nitrogens with two attached hydrogens (primary N) is 1. The molecule has 0 saturated carbocycles. The van der Waals surface area contributed by atoms with E-state index in [1.54, 1.807) is 0 Å². The molecule has 2 heteroatoms. The third kappa shape index (κ3) is 1.18. The van der Waals surface area contributed by atoms with Gasteiger partial charge in [-0.3, -0.25) is 4.68 Å². The van der Waals surface area contributed by atoms with Gasteiger partial charge in [-0.1, -0.05) is 36.5 Å². The lowest BCUT2D eigenvalue weighted by atomic mass is 9.77. The third-order valence-electron chi connectivity index (χ3n) is 4.25. The van der Waals surface area contributed by atoms with Crippen molar-refractivity contribution in [3.05, 3.63) is 59.0 Å². The maximum atomic E-state index is 6.24. The number of hydrogen-bond donors (Lipinski definition) is 1. The molecule has 0 bridgehead atoms. The van der Waals surface area contributed by atoms with Crippen LogP contribution in [0.5, 0.6) is 0 Å². The quantitative estimate of drug-likeness (QED) is 0.690. The molecule has 90 valence electrons. The second-order valence-electron chi connectivity index (χ2n) is 5.21. The molecule has 2 unspecified atom stereocenters. The lowest BCUT2D eigenvalue weighted by Crippen LogP contribution is -2.17. The van der Waals surface area contributed by atoms with E-state index in [2.05, 4.69) is 48.6 Å². The maximum Gasteiger partial charge on any atom is 0.0663 e. The van der Waals surface area contributed by atoms with Gasteiger partial charge in [-0.25, -0.2) is 0 Å². The molecular weight excluding hydrogens is 220 g/mol. The molecule has 0 saturated heterocycles. The van der Waals surface area contributed by atoms with E-state index >= 15 is 0 Å². The average molecular weight is 236 g/mol. The standard InChI is InChI=1S/C16H16N2/c17-18-14-8-4-3-7-13(14)16-12-6-2-1-5-11(12)9-10-15(16)18/h1-2,4-6,8-12H,3,7,17H2. The fraction of sp³-hybridized carbons (Fsp3) is 0.250. The maximum absolute atomic E-state index is 6.24. The zero-order valence-electron chi connectivity index (χ0n) is 10.2. The Bertz CT molecular complexity index is 626. The minimum Gasteiger partial charge on any atom is -0.339 e. The highest BCUT2D eigenvalue weighted by atomic mass is 15.3. The van der Waals surface area contributed by atoms with Gasteiger partial charge in [0.1, 0.15) is 0 Å². The fourth-order valence-corrected chi connectivity index (χ4v) is 3.40. The SMILES string of the molecule is Nn1c2c(c3c1C=CC1C=CC=CC31)CCC=C2. The van der Waals surface area contributed by atoms with Gasteiger partial charge in [0.2, 0.25) is 0 Å². The van der Waals surface area contributed by atoms with E-state index in [1.165, 1.54) is 22.5 Å². The number of allylic oxidation sites excluding steroid dienone is 6. The molecule has 1 aromatic rings. The van der Waals surface area contributed by atoms with Crippen molar-refractivity contribution in [3.8, 4) is 0 Å². The van der Waals surface area contributed by atoms with Gasteiger partial charge in [0.25, 0.3) is 0 Å². The smallest absolute Gasteiger partial charge is 0.0663 e. The minimum atomic E-state index is 0.472. The molecule has 2 atom stereocenters. The fourth-order valence-electron chi connectivity index (χ4n) is 3.40. The lowest BCUT2D eigenvalue weighted by Gasteiger charge is -2.26. The molecule has 3 aliphatic rings. The summed E-state index contributed by atoms with van der Waals surface area (Å²) in [6.07, 6.45) is 20.0. The van der Waals surface area contributed by atoms with E-state index in [1.807, 2.05) is 4.68 Å². The number of fused-ring (bicyclic) bond motifs is 5. The van der Waals surface area contributed by atoms with Crippen LogP contribution >= 0.6 is 0 Å². The molecule has 1 aromatic heterocycles. The van der Waals surface area contributed by atoms with Crippen molar-refractivity contribution in [2.75, 3.05) is 5.84 Å². The summed E-state index contributed by atoms with van der Waals surface area (Å²) in [5, 5.41) is 0. The molecular formula is C16H16N2. The largest absolute Gasteiger partial charge is 0.339 e. The molecule has 0 radical (unpaired) electrons. The number of nitrogen functional groups attached to an aromatic ring is 1. The highest BCUT2D eigenvalue weighted by molar-refractivity contribution is 5.69.